The maximum atomic E-state index is 12.6. The molecule has 0 saturated carbocycles. The van der Waals surface area contributed by atoms with Crippen molar-refractivity contribution >= 4 is 38.9 Å². The van der Waals surface area contributed by atoms with Crippen molar-refractivity contribution < 1.29 is 22.7 Å². The van der Waals surface area contributed by atoms with Crippen LogP contribution >= 0.6 is 11.6 Å². The fourth-order valence-electron chi connectivity index (χ4n) is 2.85. The van der Waals surface area contributed by atoms with Gasteiger partial charge in [0, 0.05) is 10.7 Å². The Morgan fingerprint density at radius 3 is 2.34 bits per heavy atom. The Labute approximate surface area is 192 Å². The minimum atomic E-state index is -3.75. The zero-order chi connectivity index (χ0) is 23.3. The number of ether oxygens (including phenoxy) is 2. The van der Waals surface area contributed by atoms with Crippen LogP contribution in [0.25, 0.3) is 0 Å². The first-order valence-electron chi connectivity index (χ1n) is 9.64. The second-order valence-electron chi connectivity index (χ2n) is 7.06. The van der Waals surface area contributed by atoms with Crippen LogP contribution in [0.1, 0.15) is 11.1 Å². The Balaban J connectivity index is 1.61. The second-order valence-corrected chi connectivity index (χ2v) is 9.18. The molecule has 9 heteroatoms. The molecule has 0 aliphatic rings. The predicted octanol–water partition coefficient (Wildman–Crippen LogP) is 4.78. The highest BCUT2D eigenvalue weighted by atomic mass is 35.5. The smallest absolute Gasteiger partial charge is 0.262 e. The van der Waals surface area contributed by atoms with Gasteiger partial charge in [0.25, 0.3) is 15.9 Å². The summed E-state index contributed by atoms with van der Waals surface area (Å²) in [4.78, 5) is 12.3. The van der Waals surface area contributed by atoms with Crippen molar-refractivity contribution in [2.24, 2.45) is 0 Å². The van der Waals surface area contributed by atoms with Gasteiger partial charge in [0.15, 0.2) is 6.61 Å². The number of anilines is 2. The summed E-state index contributed by atoms with van der Waals surface area (Å²) < 4.78 is 38.5. The fourth-order valence-corrected chi connectivity index (χ4v) is 4.07. The van der Waals surface area contributed by atoms with E-state index >= 15 is 0 Å². The molecule has 0 fully saturated rings. The van der Waals surface area contributed by atoms with Crippen molar-refractivity contribution in [2.45, 2.75) is 18.7 Å². The second kappa shape index (κ2) is 9.93. The Morgan fingerprint density at radius 1 is 0.969 bits per heavy atom. The zero-order valence-electron chi connectivity index (χ0n) is 17.8. The van der Waals surface area contributed by atoms with Gasteiger partial charge in [-0.2, -0.15) is 0 Å². The summed E-state index contributed by atoms with van der Waals surface area (Å²) in [6.07, 6.45) is 0. The standard InChI is InChI=1S/C23H23ClN2O5S/c1-15-4-6-18(12-16(15)2)26-32(28,29)20-9-7-19(8-10-20)31-14-23(27)25-21-13-17(24)5-11-22(21)30-3/h4-13,26H,14H2,1-3H3,(H,25,27). The van der Waals surface area contributed by atoms with Gasteiger partial charge in [-0.15, -0.1) is 0 Å². The first kappa shape index (κ1) is 23.4. The van der Waals surface area contributed by atoms with E-state index in [1.807, 2.05) is 19.9 Å². The van der Waals surface area contributed by atoms with Crippen molar-refractivity contribution in [1.29, 1.82) is 0 Å². The molecule has 3 aromatic rings. The molecule has 3 aromatic carbocycles. The van der Waals surface area contributed by atoms with E-state index in [4.69, 9.17) is 21.1 Å². The van der Waals surface area contributed by atoms with Crippen LogP contribution in [0.2, 0.25) is 5.02 Å². The number of halogens is 1. The number of carbonyl (C=O) groups excluding carboxylic acids is 1. The maximum Gasteiger partial charge on any atom is 0.262 e. The van der Waals surface area contributed by atoms with Crippen LogP contribution in [-0.4, -0.2) is 28.0 Å². The monoisotopic (exact) mass is 474 g/mol. The minimum Gasteiger partial charge on any atom is -0.495 e. The number of methoxy groups -OCH3 is 1. The first-order valence-corrected chi connectivity index (χ1v) is 11.5. The third-order valence-corrected chi connectivity index (χ3v) is 6.33. The van der Waals surface area contributed by atoms with Gasteiger partial charge < -0.3 is 14.8 Å². The van der Waals surface area contributed by atoms with Crippen LogP contribution in [0.15, 0.2) is 65.6 Å². The number of aryl methyl sites for hydroxylation is 2. The third-order valence-electron chi connectivity index (χ3n) is 4.70. The molecule has 0 aliphatic carbocycles. The van der Waals surface area contributed by atoms with E-state index in [9.17, 15) is 13.2 Å². The van der Waals surface area contributed by atoms with E-state index in [0.29, 0.717) is 27.9 Å². The Bertz CT molecular complexity index is 1230. The largest absolute Gasteiger partial charge is 0.495 e. The summed E-state index contributed by atoms with van der Waals surface area (Å²) in [7, 11) is -2.27. The molecule has 0 heterocycles. The highest BCUT2D eigenvalue weighted by Crippen LogP contribution is 2.27. The number of hydrogen-bond donors (Lipinski definition) is 2. The third kappa shape index (κ3) is 5.93. The van der Waals surface area contributed by atoms with E-state index in [1.165, 1.54) is 31.4 Å². The summed E-state index contributed by atoms with van der Waals surface area (Å²) in [6.45, 7) is 3.60. The molecule has 0 bridgehead atoms. The lowest BCUT2D eigenvalue weighted by atomic mass is 10.1. The molecule has 0 aromatic heterocycles. The van der Waals surface area contributed by atoms with Crippen molar-refractivity contribution in [1.82, 2.24) is 0 Å². The minimum absolute atomic E-state index is 0.0798. The lowest BCUT2D eigenvalue weighted by Gasteiger charge is -2.12. The Morgan fingerprint density at radius 2 is 1.69 bits per heavy atom. The molecule has 2 N–H and O–H groups in total. The summed E-state index contributed by atoms with van der Waals surface area (Å²) in [5, 5.41) is 3.12. The van der Waals surface area contributed by atoms with E-state index in [-0.39, 0.29) is 11.5 Å². The first-order chi connectivity index (χ1) is 15.2. The fraction of sp³-hybridized carbons (Fsp3) is 0.174. The number of hydrogen-bond acceptors (Lipinski definition) is 5. The topological polar surface area (TPSA) is 93.7 Å². The van der Waals surface area contributed by atoms with Crippen LogP contribution < -0.4 is 19.5 Å². The summed E-state index contributed by atoms with van der Waals surface area (Å²) in [5.41, 5.74) is 2.98. The number of rotatable bonds is 8. The summed E-state index contributed by atoms with van der Waals surface area (Å²) in [6, 6.07) is 16.0. The van der Waals surface area contributed by atoms with Gasteiger partial charge in [0.1, 0.15) is 11.5 Å². The lowest BCUT2D eigenvalue weighted by Crippen LogP contribution is -2.20. The van der Waals surface area contributed by atoms with Crippen LogP contribution in [0.4, 0.5) is 11.4 Å². The van der Waals surface area contributed by atoms with E-state index in [0.717, 1.165) is 11.1 Å². The van der Waals surface area contributed by atoms with Crippen LogP contribution in [-0.2, 0) is 14.8 Å². The maximum absolute atomic E-state index is 12.6. The highest BCUT2D eigenvalue weighted by molar-refractivity contribution is 7.92. The molecule has 0 aliphatic heterocycles. The predicted molar refractivity (Wildman–Crippen MR) is 125 cm³/mol. The molecule has 168 valence electrons. The molecule has 7 nitrogen and oxygen atoms in total. The van der Waals surface area contributed by atoms with Crippen molar-refractivity contribution in [3.63, 3.8) is 0 Å². The average Bonchev–Trinajstić information content (AvgIpc) is 2.75. The Kier molecular flexibility index (Phi) is 7.27. The molecule has 0 radical (unpaired) electrons. The summed E-state index contributed by atoms with van der Waals surface area (Å²) >= 11 is 5.96. The lowest BCUT2D eigenvalue weighted by molar-refractivity contribution is -0.118. The summed E-state index contributed by atoms with van der Waals surface area (Å²) in [5.74, 6) is 0.399. The van der Waals surface area contributed by atoms with Crippen LogP contribution in [0.5, 0.6) is 11.5 Å². The molecule has 0 saturated heterocycles. The molecule has 0 unspecified atom stereocenters. The SMILES string of the molecule is COc1ccc(Cl)cc1NC(=O)COc1ccc(S(=O)(=O)Nc2ccc(C)c(C)c2)cc1. The van der Waals surface area contributed by atoms with E-state index in [1.54, 1.807) is 30.3 Å². The van der Waals surface area contributed by atoms with Crippen LogP contribution in [0.3, 0.4) is 0 Å². The van der Waals surface area contributed by atoms with E-state index < -0.39 is 15.9 Å². The van der Waals surface area contributed by atoms with Gasteiger partial charge in [-0.05, 0) is 79.6 Å². The number of sulfonamides is 1. The van der Waals surface area contributed by atoms with Crippen molar-refractivity contribution in [3.8, 4) is 11.5 Å². The van der Waals surface area contributed by atoms with Gasteiger partial charge in [-0.1, -0.05) is 17.7 Å². The van der Waals surface area contributed by atoms with Gasteiger partial charge in [-0.25, -0.2) is 8.42 Å². The molecule has 0 atom stereocenters. The number of benzene rings is 3. The molecule has 0 spiro atoms. The molecule has 3 rings (SSSR count). The van der Waals surface area contributed by atoms with Crippen molar-refractivity contribution in [2.75, 3.05) is 23.8 Å². The van der Waals surface area contributed by atoms with Crippen molar-refractivity contribution in [3.05, 3.63) is 76.8 Å². The van der Waals surface area contributed by atoms with Gasteiger partial charge in [0.05, 0.1) is 17.7 Å². The Hall–Kier alpha value is -3.23. The van der Waals surface area contributed by atoms with Crippen LogP contribution in [0, 0.1) is 13.8 Å². The normalized spacial score (nSPS) is 11.0. The quantitative estimate of drug-likeness (QED) is 0.490. The number of carbonyl (C=O) groups is 1. The molecular weight excluding hydrogens is 452 g/mol. The van der Waals surface area contributed by atoms with Gasteiger partial charge in [0.2, 0.25) is 0 Å². The molecule has 32 heavy (non-hydrogen) atoms. The van der Waals surface area contributed by atoms with E-state index in [2.05, 4.69) is 10.0 Å². The number of nitrogens with one attached hydrogen (secondary N) is 2. The number of amides is 1. The van der Waals surface area contributed by atoms with Gasteiger partial charge in [-0.3, -0.25) is 9.52 Å². The molecule has 1 amide bonds. The zero-order valence-corrected chi connectivity index (χ0v) is 19.4. The average molecular weight is 475 g/mol. The van der Waals surface area contributed by atoms with Gasteiger partial charge >= 0.3 is 0 Å². The highest BCUT2D eigenvalue weighted by Gasteiger charge is 2.15. The molecular formula is C23H23ClN2O5S.